The van der Waals surface area contributed by atoms with E-state index < -0.39 is 0 Å². The predicted octanol–water partition coefficient (Wildman–Crippen LogP) is 2.12. The van der Waals surface area contributed by atoms with Crippen molar-refractivity contribution < 1.29 is 4.79 Å². The third-order valence-electron chi connectivity index (χ3n) is 2.63. The van der Waals surface area contributed by atoms with Crippen LogP contribution in [-0.2, 0) is 6.54 Å². The fourth-order valence-electron chi connectivity index (χ4n) is 1.74. The lowest BCUT2D eigenvalue weighted by molar-refractivity contribution is 0.200. The van der Waals surface area contributed by atoms with Gasteiger partial charge in [0.15, 0.2) is 4.34 Å². The first-order valence-corrected chi connectivity index (χ1v) is 7.78. The number of nitrogens with one attached hydrogen (secondary N) is 1. The number of amides is 2. The minimum atomic E-state index is -0.0247. The van der Waals surface area contributed by atoms with E-state index in [0.717, 1.165) is 28.9 Å². The summed E-state index contributed by atoms with van der Waals surface area (Å²) in [5.74, 6) is 0. The molecule has 1 N–H and O–H groups in total. The monoisotopic (exact) mass is 284 g/mol. The largest absolute Gasteiger partial charge is 0.331 e. The number of urea groups is 1. The van der Waals surface area contributed by atoms with Gasteiger partial charge in [-0.2, -0.15) is 0 Å². The maximum Gasteiger partial charge on any atom is 0.318 e. The molecule has 0 aromatic carbocycles. The Labute approximate surface area is 115 Å². The van der Waals surface area contributed by atoms with Crippen LogP contribution in [0.5, 0.6) is 0 Å². The number of carbonyl (C=O) groups is 1. The Kier molecular flexibility index (Phi) is 4.60. The number of aromatic nitrogens is 2. The van der Waals surface area contributed by atoms with E-state index in [1.54, 1.807) is 11.8 Å². The molecule has 0 fully saturated rings. The third kappa shape index (κ3) is 3.46. The van der Waals surface area contributed by atoms with Gasteiger partial charge in [-0.25, -0.2) is 4.79 Å². The van der Waals surface area contributed by atoms with Gasteiger partial charge in [0.2, 0.25) is 0 Å². The SMILES string of the molecule is CSc1nnc(CNC(=O)N2CCC=C(C)C2)s1. The lowest BCUT2D eigenvalue weighted by Crippen LogP contribution is -2.42. The lowest BCUT2D eigenvalue weighted by Gasteiger charge is -2.26. The number of nitrogens with zero attached hydrogens (tertiary/aromatic N) is 3. The molecule has 0 saturated heterocycles. The van der Waals surface area contributed by atoms with Crippen molar-refractivity contribution in [2.24, 2.45) is 0 Å². The van der Waals surface area contributed by atoms with E-state index in [4.69, 9.17) is 0 Å². The molecule has 7 heteroatoms. The summed E-state index contributed by atoms with van der Waals surface area (Å²) >= 11 is 3.08. The summed E-state index contributed by atoms with van der Waals surface area (Å²) in [6.07, 6.45) is 5.08. The fourth-order valence-corrected chi connectivity index (χ4v) is 2.99. The minimum absolute atomic E-state index is 0.0247. The molecule has 0 radical (unpaired) electrons. The Morgan fingerprint density at radius 1 is 1.61 bits per heavy atom. The van der Waals surface area contributed by atoms with Crippen LogP contribution in [0.4, 0.5) is 4.79 Å². The summed E-state index contributed by atoms with van der Waals surface area (Å²) in [7, 11) is 0. The molecule has 1 aliphatic heterocycles. The number of hydrogen-bond acceptors (Lipinski definition) is 5. The molecule has 98 valence electrons. The van der Waals surface area contributed by atoms with E-state index in [1.165, 1.54) is 16.9 Å². The van der Waals surface area contributed by atoms with Crippen LogP contribution in [0.25, 0.3) is 0 Å². The van der Waals surface area contributed by atoms with Crippen LogP contribution in [0.3, 0.4) is 0 Å². The van der Waals surface area contributed by atoms with Gasteiger partial charge in [-0.15, -0.1) is 10.2 Å². The summed E-state index contributed by atoms with van der Waals surface area (Å²) < 4.78 is 0.927. The predicted molar refractivity (Wildman–Crippen MR) is 73.9 cm³/mol. The van der Waals surface area contributed by atoms with E-state index in [-0.39, 0.29) is 6.03 Å². The first kappa shape index (κ1) is 13.4. The zero-order chi connectivity index (χ0) is 13.0. The second-order valence-electron chi connectivity index (χ2n) is 4.09. The molecule has 0 unspecified atom stereocenters. The molecule has 2 rings (SSSR count). The standard InChI is InChI=1S/C11H16N4OS2/c1-8-4-3-5-15(7-8)10(16)12-6-9-13-14-11(17-2)18-9/h4H,3,5-7H2,1-2H3,(H,12,16). The van der Waals surface area contributed by atoms with Crippen molar-refractivity contribution in [3.05, 3.63) is 16.7 Å². The molecule has 0 atom stereocenters. The first-order chi connectivity index (χ1) is 8.69. The van der Waals surface area contributed by atoms with Crippen molar-refractivity contribution >= 4 is 29.1 Å². The van der Waals surface area contributed by atoms with Crippen molar-refractivity contribution in [2.75, 3.05) is 19.3 Å². The highest BCUT2D eigenvalue weighted by atomic mass is 32.2. The molecule has 1 aromatic rings. The van der Waals surface area contributed by atoms with Gasteiger partial charge in [-0.3, -0.25) is 0 Å². The van der Waals surface area contributed by atoms with Crippen LogP contribution in [-0.4, -0.2) is 40.5 Å². The molecular weight excluding hydrogens is 268 g/mol. The van der Waals surface area contributed by atoms with E-state index in [2.05, 4.69) is 28.5 Å². The van der Waals surface area contributed by atoms with E-state index in [9.17, 15) is 4.79 Å². The van der Waals surface area contributed by atoms with Crippen molar-refractivity contribution in [3.8, 4) is 0 Å². The Balaban J connectivity index is 1.83. The van der Waals surface area contributed by atoms with Gasteiger partial charge in [-0.1, -0.05) is 34.7 Å². The van der Waals surface area contributed by atoms with E-state index in [1.807, 2.05) is 11.2 Å². The molecule has 0 bridgehead atoms. The molecule has 0 saturated carbocycles. The minimum Gasteiger partial charge on any atom is -0.331 e. The summed E-state index contributed by atoms with van der Waals surface area (Å²) in [4.78, 5) is 13.8. The zero-order valence-electron chi connectivity index (χ0n) is 10.5. The maximum absolute atomic E-state index is 11.9. The van der Waals surface area contributed by atoms with Crippen molar-refractivity contribution in [3.63, 3.8) is 0 Å². The molecule has 0 spiro atoms. The van der Waals surface area contributed by atoms with Crippen molar-refractivity contribution in [2.45, 2.75) is 24.2 Å². The number of hydrogen-bond donors (Lipinski definition) is 1. The van der Waals surface area contributed by atoms with Gasteiger partial charge in [0, 0.05) is 13.1 Å². The summed E-state index contributed by atoms with van der Waals surface area (Å²) in [6.45, 7) is 4.01. The number of carbonyl (C=O) groups excluding carboxylic acids is 1. The van der Waals surface area contributed by atoms with Gasteiger partial charge in [0.25, 0.3) is 0 Å². The molecule has 2 heterocycles. The smallest absolute Gasteiger partial charge is 0.318 e. The fraction of sp³-hybridized carbons (Fsp3) is 0.545. The van der Waals surface area contributed by atoms with Crippen LogP contribution in [0.2, 0.25) is 0 Å². The molecule has 2 amide bonds. The average Bonchev–Trinajstić information content (AvgIpc) is 2.84. The van der Waals surface area contributed by atoms with Crippen molar-refractivity contribution in [1.82, 2.24) is 20.4 Å². The Morgan fingerprint density at radius 2 is 2.44 bits per heavy atom. The van der Waals surface area contributed by atoms with Gasteiger partial charge in [0.1, 0.15) is 5.01 Å². The van der Waals surface area contributed by atoms with Crippen LogP contribution in [0.15, 0.2) is 16.0 Å². The van der Waals surface area contributed by atoms with Gasteiger partial charge < -0.3 is 10.2 Å². The lowest BCUT2D eigenvalue weighted by atomic mass is 10.1. The second-order valence-corrected chi connectivity index (χ2v) is 6.20. The number of rotatable bonds is 3. The van der Waals surface area contributed by atoms with Crippen LogP contribution < -0.4 is 5.32 Å². The van der Waals surface area contributed by atoms with Crippen LogP contribution >= 0.6 is 23.1 Å². The first-order valence-electron chi connectivity index (χ1n) is 5.74. The number of thioether (sulfide) groups is 1. The van der Waals surface area contributed by atoms with Crippen LogP contribution in [0, 0.1) is 0 Å². The maximum atomic E-state index is 11.9. The van der Waals surface area contributed by atoms with Crippen LogP contribution in [0.1, 0.15) is 18.4 Å². The summed E-state index contributed by atoms with van der Waals surface area (Å²) in [6, 6.07) is -0.0247. The van der Waals surface area contributed by atoms with E-state index in [0.29, 0.717) is 6.54 Å². The van der Waals surface area contributed by atoms with Gasteiger partial charge >= 0.3 is 6.03 Å². The normalized spacial score (nSPS) is 15.4. The second kappa shape index (κ2) is 6.19. The van der Waals surface area contributed by atoms with Crippen molar-refractivity contribution in [1.29, 1.82) is 0 Å². The molecule has 0 aliphatic carbocycles. The third-order valence-corrected chi connectivity index (χ3v) is 4.53. The Bertz CT molecular complexity index is 458. The van der Waals surface area contributed by atoms with Gasteiger partial charge in [-0.05, 0) is 19.6 Å². The average molecular weight is 284 g/mol. The quantitative estimate of drug-likeness (QED) is 0.682. The highest BCUT2D eigenvalue weighted by Gasteiger charge is 2.16. The molecule has 18 heavy (non-hydrogen) atoms. The Morgan fingerprint density at radius 3 is 3.11 bits per heavy atom. The molecule has 5 nitrogen and oxygen atoms in total. The zero-order valence-corrected chi connectivity index (χ0v) is 12.1. The van der Waals surface area contributed by atoms with E-state index >= 15 is 0 Å². The topological polar surface area (TPSA) is 58.1 Å². The molecule has 1 aliphatic rings. The molecule has 1 aromatic heterocycles. The summed E-state index contributed by atoms with van der Waals surface area (Å²) in [5, 5.41) is 11.7. The highest BCUT2D eigenvalue weighted by Crippen LogP contribution is 2.19. The molecular formula is C11H16N4OS2. The summed E-state index contributed by atoms with van der Waals surface area (Å²) in [5.41, 5.74) is 1.25. The highest BCUT2D eigenvalue weighted by molar-refractivity contribution is 8.00. The van der Waals surface area contributed by atoms with Gasteiger partial charge in [0.05, 0.1) is 6.54 Å². The Hall–Kier alpha value is -1.08.